The second kappa shape index (κ2) is 11.2. The zero-order valence-corrected chi connectivity index (χ0v) is 23.6. The molecule has 1 aliphatic carbocycles. The van der Waals surface area contributed by atoms with Crippen LogP contribution in [0.4, 0.5) is 0 Å². The number of carbonyl (C=O) groups is 2. The van der Waals surface area contributed by atoms with E-state index in [1.165, 1.54) is 19.3 Å². The van der Waals surface area contributed by atoms with E-state index in [1.807, 2.05) is 70.9 Å². The molecule has 202 valence electrons. The molecule has 39 heavy (non-hydrogen) atoms. The number of aromatic nitrogens is 1. The summed E-state index contributed by atoms with van der Waals surface area (Å²) >= 11 is 7.76. The van der Waals surface area contributed by atoms with Gasteiger partial charge in [-0.05, 0) is 60.0 Å². The van der Waals surface area contributed by atoms with Crippen LogP contribution >= 0.6 is 22.9 Å². The highest BCUT2D eigenvalue weighted by Crippen LogP contribution is 2.40. The predicted molar refractivity (Wildman–Crippen MR) is 158 cm³/mol. The Morgan fingerprint density at radius 3 is 2.44 bits per heavy atom. The normalized spacial score (nSPS) is 20.4. The zero-order chi connectivity index (χ0) is 26.8. The fourth-order valence-corrected chi connectivity index (χ4v) is 7.27. The first-order chi connectivity index (χ1) is 19.1. The summed E-state index contributed by atoms with van der Waals surface area (Å²) in [6.07, 6.45) is 8.55. The molecule has 2 aliphatic rings. The number of hydrogen-bond acceptors (Lipinski definition) is 3. The number of carbonyl (C=O) groups excluding carboxylic acids is 2. The second-order valence-electron chi connectivity index (χ2n) is 10.9. The number of nitrogens with zero attached hydrogens (tertiary/aromatic N) is 2. The quantitative estimate of drug-likeness (QED) is 0.272. The predicted octanol–water partition coefficient (Wildman–Crippen LogP) is 7.18. The third kappa shape index (κ3) is 5.01. The standard InChI is InChI=1S/C32H34ClN3O2S/c33-25-15-13-23(14-16-25)17-19-36-30(37)28-21-29-27(18-20-39-29)35(28)22-32(36,24-9-5-4-6-10-24)31(38)34-26-11-7-2-1-3-8-12-26/h4-6,9-10,13-16,18,20-21,26H,1-3,7-8,11-12,17,19,22H2,(H,34,38). The van der Waals surface area contributed by atoms with Gasteiger partial charge in [0.25, 0.3) is 11.8 Å². The molecule has 1 unspecified atom stereocenters. The molecular formula is C32H34ClN3O2S. The van der Waals surface area contributed by atoms with E-state index in [0.717, 1.165) is 47.0 Å². The van der Waals surface area contributed by atoms with E-state index in [1.54, 1.807) is 11.3 Å². The molecule has 3 heterocycles. The van der Waals surface area contributed by atoms with Crippen molar-refractivity contribution in [3.05, 3.63) is 94.0 Å². The molecule has 2 aromatic carbocycles. The highest BCUT2D eigenvalue weighted by molar-refractivity contribution is 7.17. The van der Waals surface area contributed by atoms with Gasteiger partial charge in [0.15, 0.2) is 5.54 Å². The van der Waals surface area contributed by atoms with Gasteiger partial charge in [0, 0.05) is 17.6 Å². The van der Waals surface area contributed by atoms with Crippen LogP contribution in [0.2, 0.25) is 5.02 Å². The third-order valence-electron chi connectivity index (χ3n) is 8.44. The van der Waals surface area contributed by atoms with Crippen molar-refractivity contribution in [3.8, 4) is 0 Å². The summed E-state index contributed by atoms with van der Waals surface area (Å²) in [5.74, 6) is -0.179. The lowest BCUT2D eigenvalue weighted by Gasteiger charge is -2.47. The first-order valence-corrected chi connectivity index (χ1v) is 15.3. The van der Waals surface area contributed by atoms with Gasteiger partial charge in [0.1, 0.15) is 5.69 Å². The minimum absolute atomic E-state index is 0.0774. The summed E-state index contributed by atoms with van der Waals surface area (Å²) in [7, 11) is 0. The van der Waals surface area contributed by atoms with Gasteiger partial charge < -0.3 is 14.8 Å². The van der Waals surface area contributed by atoms with E-state index in [0.29, 0.717) is 30.2 Å². The number of amides is 2. The molecule has 0 saturated heterocycles. The van der Waals surface area contributed by atoms with Crippen LogP contribution in [0, 0.1) is 0 Å². The number of fused-ring (bicyclic) bond motifs is 3. The van der Waals surface area contributed by atoms with Gasteiger partial charge in [-0.1, -0.05) is 86.2 Å². The van der Waals surface area contributed by atoms with Crippen molar-refractivity contribution >= 4 is 45.0 Å². The van der Waals surface area contributed by atoms with E-state index in [-0.39, 0.29) is 17.9 Å². The zero-order valence-electron chi connectivity index (χ0n) is 22.1. The Morgan fingerprint density at radius 2 is 1.69 bits per heavy atom. The maximum atomic E-state index is 14.7. The van der Waals surface area contributed by atoms with E-state index < -0.39 is 5.54 Å². The Morgan fingerprint density at radius 1 is 0.974 bits per heavy atom. The summed E-state index contributed by atoms with van der Waals surface area (Å²) in [6, 6.07) is 21.8. The highest BCUT2D eigenvalue weighted by Gasteiger charge is 2.52. The van der Waals surface area contributed by atoms with Crippen molar-refractivity contribution < 1.29 is 9.59 Å². The lowest BCUT2D eigenvalue weighted by molar-refractivity contribution is -0.135. The molecule has 1 saturated carbocycles. The molecule has 0 bridgehead atoms. The Balaban J connectivity index is 1.44. The van der Waals surface area contributed by atoms with Crippen molar-refractivity contribution in [2.45, 2.75) is 69.5 Å². The molecule has 1 aliphatic heterocycles. The maximum absolute atomic E-state index is 14.7. The van der Waals surface area contributed by atoms with Gasteiger partial charge in [0.2, 0.25) is 0 Å². The van der Waals surface area contributed by atoms with Gasteiger partial charge in [-0.15, -0.1) is 11.3 Å². The first-order valence-electron chi connectivity index (χ1n) is 14.1. The molecule has 2 amide bonds. The van der Waals surface area contributed by atoms with Crippen molar-refractivity contribution in [3.63, 3.8) is 0 Å². The summed E-state index contributed by atoms with van der Waals surface area (Å²) in [5.41, 5.74) is 2.43. The maximum Gasteiger partial charge on any atom is 0.271 e. The Labute approximate surface area is 238 Å². The van der Waals surface area contributed by atoms with Gasteiger partial charge in [-0.3, -0.25) is 9.59 Å². The fraction of sp³-hybridized carbons (Fsp3) is 0.375. The van der Waals surface area contributed by atoms with Crippen molar-refractivity contribution in [2.24, 2.45) is 0 Å². The highest BCUT2D eigenvalue weighted by atomic mass is 35.5. The van der Waals surface area contributed by atoms with Crippen LogP contribution in [-0.4, -0.2) is 33.9 Å². The first kappa shape index (κ1) is 26.1. The molecule has 1 atom stereocenters. The third-order valence-corrected chi connectivity index (χ3v) is 9.54. The van der Waals surface area contributed by atoms with Crippen LogP contribution < -0.4 is 5.32 Å². The number of rotatable bonds is 6. The lowest BCUT2D eigenvalue weighted by atomic mass is 9.83. The van der Waals surface area contributed by atoms with Crippen LogP contribution in [0.25, 0.3) is 10.2 Å². The minimum atomic E-state index is -1.16. The summed E-state index contributed by atoms with van der Waals surface area (Å²) in [5, 5.41) is 6.19. The molecule has 7 heteroatoms. The lowest BCUT2D eigenvalue weighted by Crippen LogP contribution is -2.64. The molecule has 1 N–H and O–H groups in total. The molecule has 0 spiro atoms. The smallest absolute Gasteiger partial charge is 0.271 e. The van der Waals surface area contributed by atoms with Gasteiger partial charge in [0.05, 0.1) is 16.8 Å². The van der Waals surface area contributed by atoms with E-state index in [9.17, 15) is 9.59 Å². The molecule has 0 radical (unpaired) electrons. The molecule has 2 aromatic heterocycles. The number of benzene rings is 2. The van der Waals surface area contributed by atoms with E-state index in [2.05, 4.69) is 16.0 Å². The minimum Gasteiger partial charge on any atom is -0.351 e. The van der Waals surface area contributed by atoms with Crippen molar-refractivity contribution in [1.82, 2.24) is 14.8 Å². The van der Waals surface area contributed by atoms with Crippen LogP contribution in [-0.2, 0) is 23.3 Å². The van der Waals surface area contributed by atoms with Crippen molar-refractivity contribution in [1.29, 1.82) is 0 Å². The summed E-state index contributed by atoms with van der Waals surface area (Å²) < 4.78 is 3.14. The van der Waals surface area contributed by atoms with Gasteiger partial charge in [-0.2, -0.15) is 0 Å². The Bertz CT molecular complexity index is 1450. The molecule has 1 fully saturated rings. The number of hydrogen-bond donors (Lipinski definition) is 1. The topological polar surface area (TPSA) is 54.3 Å². The van der Waals surface area contributed by atoms with Crippen LogP contribution in [0.5, 0.6) is 0 Å². The van der Waals surface area contributed by atoms with Gasteiger partial charge >= 0.3 is 0 Å². The second-order valence-corrected chi connectivity index (χ2v) is 12.2. The van der Waals surface area contributed by atoms with E-state index in [4.69, 9.17) is 11.6 Å². The SMILES string of the molecule is O=C1c2cc3sccc3n2CC(C(=O)NC2CCCCCCC2)(c2ccccc2)N1CCc1ccc(Cl)cc1. The largest absolute Gasteiger partial charge is 0.351 e. The summed E-state index contributed by atoms with van der Waals surface area (Å²) in [6.45, 7) is 0.809. The van der Waals surface area contributed by atoms with Crippen molar-refractivity contribution in [2.75, 3.05) is 6.54 Å². The molecule has 6 rings (SSSR count). The number of halogens is 1. The number of thiophene rings is 1. The fourth-order valence-electron chi connectivity index (χ4n) is 6.33. The Kier molecular flexibility index (Phi) is 7.50. The monoisotopic (exact) mass is 559 g/mol. The van der Waals surface area contributed by atoms with Crippen LogP contribution in [0.1, 0.15) is 66.6 Å². The van der Waals surface area contributed by atoms with Gasteiger partial charge in [-0.25, -0.2) is 0 Å². The van der Waals surface area contributed by atoms with E-state index >= 15 is 0 Å². The summed E-state index contributed by atoms with van der Waals surface area (Å²) in [4.78, 5) is 30.9. The molecule has 4 aromatic rings. The number of nitrogens with one attached hydrogen (secondary N) is 1. The molecular weight excluding hydrogens is 526 g/mol. The van der Waals surface area contributed by atoms with Crippen LogP contribution in [0.3, 0.4) is 0 Å². The van der Waals surface area contributed by atoms with Crippen LogP contribution in [0.15, 0.2) is 72.1 Å². The average Bonchev–Trinajstić information content (AvgIpc) is 3.53. The Hall–Kier alpha value is -3.09. The average molecular weight is 560 g/mol. The molecule has 5 nitrogen and oxygen atoms in total.